The van der Waals surface area contributed by atoms with Gasteiger partial charge in [-0.2, -0.15) is 0 Å². The quantitative estimate of drug-likeness (QED) is 0.839. The third-order valence-corrected chi connectivity index (χ3v) is 4.02. The molecular weight excluding hydrogens is 264 g/mol. The molecule has 0 spiro atoms. The highest BCUT2D eigenvalue weighted by Crippen LogP contribution is 2.31. The summed E-state index contributed by atoms with van der Waals surface area (Å²) in [4.78, 5) is 2.57. The van der Waals surface area contributed by atoms with Crippen LogP contribution in [0.5, 0.6) is 0 Å². The second-order valence-electron chi connectivity index (χ2n) is 4.52. The van der Waals surface area contributed by atoms with Gasteiger partial charge in [0.2, 0.25) is 0 Å². The van der Waals surface area contributed by atoms with Crippen molar-refractivity contribution in [3.8, 4) is 0 Å². The van der Waals surface area contributed by atoms with Crippen LogP contribution in [-0.4, -0.2) is 17.5 Å². The van der Waals surface area contributed by atoms with Gasteiger partial charge in [0.1, 0.15) is 0 Å². The van der Waals surface area contributed by atoms with Crippen LogP contribution in [0.4, 0.5) is 5.69 Å². The Hall–Kier alpha value is -0.540. The SMILES string of the molecule is CCCN(Cc1cccc(N)c1Br)C1CC1. The van der Waals surface area contributed by atoms with E-state index in [-0.39, 0.29) is 0 Å². The van der Waals surface area contributed by atoms with Crippen LogP contribution in [-0.2, 0) is 6.54 Å². The van der Waals surface area contributed by atoms with Crippen LogP contribution in [0.3, 0.4) is 0 Å². The molecule has 1 aliphatic rings. The summed E-state index contributed by atoms with van der Waals surface area (Å²) in [7, 11) is 0. The lowest BCUT2D eigenvalue weighted by Gasteiger charge is -2.22. The van der Waals surface area contributed by atoms with Crippen molar-refractivity contribution < 1.29 is 0 Å². The molecule has 88 valence electrons. The van der Waals surface area contributed by atoms with Crippen LogP contribution in [0, 0.1) is 0 Å². The zero-order valence-corrected chi connectivity index (χ0v) is 11.3. The van der Waals surface area contributed by atoms with Crippen molar-refractivity contribution in [2.75, 3.05) is 12.3 Å². The van der Waals surface area contributed by atoms with Crippen LogP contribution in [0.25, 0.3) is 0 Å². The third-order valence-electron chi connectivity index (χ3n) is 3.06. The molecule has 0 atom stereocenters. The van der Waals surface area contributed by atoms with Gasteiger partial charge in [0.05, 0.1) is 0 Å². The third kappa shape index (κ3) is 2.77. The highest BCUT2D eigenvalue weighted by molar-refractivity contribution is 9.10. The molecule has 2 rings (SSSR count). The number of benzene rings is 1. The molecule has 0 amide bonds. The Labute approximate surface area is 106 Å². The molecule has 0 aliphatic heterocycles. The first kappa shape index (κ1) is 11.9. The summed E-state index contributed by atoms with van der Waals surface area (Å²) in [6, 6.07) is 6.94. The second kappa shape index (κ2) is 5.19. The smallest absolute Gasteiger partial charge is 0.0461 e. The summed E-state index contributed by atoms with van der Waals surface area (Å²) >= 11 is 3.58. The van der Waals surface area contributed by atoms with Gasteiger partial charge >= 0.3 is 0 Å². The lowest BCUT2D eigenvalue weighted by Crippen LogP contribution is -2.26. The highest BCUT2D eigenvalue weighted by atomic mass is 79.9. The lowest BCUT2D eigenvalue weighted by molar-refractivity contribution is 0.255. The van der Waals surface area contributed by atoms with E-state index >= 15 is 0 Å². The fourth-order valence-corrected chi connectivity index (χ4v) is 2.45. The van der Waals surface area contributed by atoms with Crippen LogP contribution in [0.1, 0.15) is 31.7 Å². The predicted molar refractivity (Wildman–Crippen MR) is 72.3 cm³/mol. The summed E-state index contributed by atoms with van der Waals surface area (Å²) in [6.07, 6.45) is 3.94. The van der Waals surface area contributed by atoms with Crippen molar-refractivity contribution in [3.63, 3.8) is 0 Å². The molecule has 0 heterocycles. The first-order valence-corrected chi connectivity index (χ1v) is 6.78. The minimum Gasteiger partial charge on any atom is -0.398 e. The number of nitrogen functional groups attached to an aromatic ring is 1. The molecular formula is C13H19BrN2. The number of halogens is 1. The monoisotopic (exact) mass is 282 g/mol. The van der Waals surface area contributed by atoms with Crippen molar-refractivity contribution in [3.05, 3.63) is 28.2 Å². The van der Waals surface area contributed by atoms with Gasteiger partial charge in [0.15, 0.2) is 0 Å². The number of rotatable bonds is 5. The second-order valence-corrected chi connectivity index (χ2v) is 5.31. The van der Waals surface area contributed by atoms with E-state index in [0.29, 0.717) is 0 Å². The molecule has 1 aliphatic carbocycles. The molecule has 0 unspecified atom stereocenters. The van der Waals surface area contributed by atoms with Gasteiger partial charge in [0, 0.05) is 22.7 Å². The summed E-state index contributed by atoms with van der Waals surface area (Å²) in [5.41, 5.74) is 8.04. The molecule has 1 aromatic rings. The molecule has 0 radical (unpaired) electrons. The maximum absolute atomic E-state index is 5.90. The Balaban J connectivity index is 2.08. The largest absolute Gasteiger partial charge is 0.398 e. The summed E-state index contributed by atoms with van der Waals surface area (Å²) in [6.45, 7) is 4.44. The number of nitrogens with zero attached hydrogens (tertiary/aromatic N) is 1. The zero-order valence-electron chi connectivity index (χ0n) is 9.75. The molecule has 0 bridgehead atoms. The van der Waals surface area contributed by atoms with Crippen LogP contribution in [0.2, 0.25) is 0 Å². The van der Waals surface area contributed by atoms with Gasteiger partial charge in [-0.15, -0.1) is 0 Å². The van der Waals surface area contributed by atoms with Crippen LogP contribution in [0.15, 0.2) is 22.7 Å². The molecule has 2 nitrogen and oxygen atoms in total. The summed E-state index contributed by atoms with van der Waals surface area (Å²) in [5, 5.41) is 0. The van der Waals surface area contributed by atoms with Crippen LogP contribution >= 0.6 is 15.9 Å². The number of hydrogen-bond acceptors (Lipinski definition) is 2. The first-order chi connectivity index (χ1) is 7.72. The molecule has 1 fully saturated rings. The summed E-state index contributed by atoms with van der Waals surface area (Å²) < 4.78 is 1.07. The van der Waals surface area contributed by atoms with Crippen molar-refractivity contribution >= 4 is 21.6 Å². The molecule has 1 aromatic carbocycles. The molecule has 3 heteroatoms. The Bertz CT molecular complexity index is 361. The molecule has 2 N–H and O–H groups in total. The minimum absolute atomic E-state index is 0.813. The van der Waals surface area contributed by atoms with Crippen molar-refractivity contribution in [1.29, 1.82) is 0 Å². The molecule has 0 aromatic heterocycles. The topological polar surface area (TPSA) is 29.3 Å². The Morgan fingerprint density at radius 1 is 1.44 bits per heavy atom. The normalized spacial score (nSPS) is 15.7. The van der Waals surface area contributed by atoms with Gasteiger partial charge in [-0.1, -0.05) is 19.1 Å². The van der Waals surface area contributed by atoms with Gasteiger partial charge in [-0.3, -0.25) is 4.90 Å². The summed E-state index contributed by atoms with van der Waals surface area (Å²) in [5.74, 6) is 0. The number of hydrogen-bond donors (Lipinski definition) is 1. The van der Waals surface area contributed by atoms with E-state index in [4.69, 9.17) is 5.73 Å². The maximum atomic E-state index is 5.90. The fourth-order valence-electron chi connectivity index (χ4n) is 2.06. The molecule has 0 saturated heterocycles. The predicted octanol–water partition coefficient (Wildman–Crippen LogP) is 3.41. The van der Waals surface area contributed by atoms with Crippen molar-refractivity contribution in [1.82, 2.24) is 4.90 Å². The highest BCUT2D eigenvalue weighted by Gasteiger charge is 2.28. The maximum Gasteiger partial charge on any atom is 0.0461 e. The van der Waals surface area contributed by atoms with Crippen molar-refractivity contribution in [2.24, 2.45) is 0 Å². The van der Waals surface area contributed by atoms with Crippen molar-refractivity contribution in [2.45, 2.75) is 38.8 Å². The van der Waals surface area contributed by atoms with E-state index in [9.17, 15) is 0 Å². The zero-order chi connectivity index (χ0) is 11.5. The minimum atomic E-state index is 0.813. The van der Waals surface area contributed by atoms with E-state index in [0.717, 1.165) is 22.7 Å². The molecule has 1 saturated carbocycles. The fraction of sp³-hybridized carbons (Fsp3) is 0.538. The first-order valence-electron chi connectivity index (χ1n) is 5.99. The number of nitrogens with two attached hydrogens (primary N) is 1. The Kier molecular flexibility index (Phi) is 3.87. The van der Waals surface area contributed by atoms with E-state index in [1.165, 1.54) is 31.4 Å². The Morgan fingerprint density at radius 3 is 2.81 bits per heavy atom. The average molecular weight is 283 g/mol. The lowest BCUT2D eigenvalue weighted by atomic mass is 10.2. The van der Waals surface area contributed by atoms with Gasteiger partial charge in [-0.05, 0) is 53.4 Å². The Morgan fingerprint density at radius 2 is 2.19 bits per heavy atom. The van der Waals surface area contributed by atoms with E-state index in [1.807, 2.05) is 12.1 Å². The van der Waals surface area contributed by atoms with Gasteiger partial charge < -0.3 is 5.73 Å². The van der Waals surface area contributed by atoms with Gasteiger partial charge in [0.25, 0.3) is 0 Å². The van der Waals surface area contributed by atoms with Gasteiger partial charge in [-0.25, -0.2) is 0 Å². The molecule has 16 heavy (non-hydrogen) atoms. The number of anilines is 1. The average Bonchev–Trinajstić information content (AvgIpc) is 3.07. The standard InChI is InChI=1S/C13H19BrN2/c1-2-8-16(11-6-7-11)9-10-4-3-5-12(15)13(10)14/h3-5,11H,2,6-9,15H2,1H3. The van der Waals surface area contributed by atoms with E-state index < -0.39 is 0 Å². The van der Waals surface area contributed by atoms with Crippen LogP contribution < -0.4 is 5.73 Å². The van der Waals surface area contributed by atoms with E-state index in [2.05, 4.69) is 33.8 Å². The van der Waals surface area contributed by atoms with E-state index in [1.54, 1.807) is 0 Å².